The molecule has 0 radical (unpaired) electrons. The third-order valence-corrected chi connectivity index (χ3v) is 4.46. The number of nitrogens with one attached hydrogen (secondary N) is 2. The van der Waals surface area contributed by atoms with Gasteiger partial charge in [0.15, 0.2) is 0 Å². The lowest BCUT2D eigenvalue weighted by atomic mass is 10.1. The highest BCUT2D eigenvalue weighted by molar-refractivity contribution is 7.89. The second-order valence-corrected chi connectivity index (χ2v) is 6.19. The van der Waals surface area contributed by atoms with Crippen LogP contribution in [0.4, 0.5) is 4.39 Å². The van der Waals surface area contributed by atoms with Crippen molar-refractivity contribution >= 4 is 10.0 Å². The zero-order valence-corrected chi connectivity index (χ0v) is 11.3. The Bertz CT molecular complexity index is 570. The molecule has 0 spiro atoms. The summed E-state index contributed by atoms with van der Waals surface area (Å²) in [4.78, 5) is -0.0354. The van der Waals surface area contributed by atoms with Crippen LogP contribution in [0.25, 0.3) is 0 Å². The van der Waals surface area contributed by atoms with Crippen LogP contribution in [0.15, 0.2) is 40.8 Å². The maximum atomic E-state index is 13.0. The summed E-state index contributed by atoms with van der Waals surface area (Å²) in [7, 11) is -3.62. The van der Waals surface area contributed by atoms with Gasteiger partial charge in [0.2, 0.25) is 10.0 Å². The quantitative estimate of drug-likeness (QED) is 0.804. The first-order valence-electron chi connectivity index (χ1n) is 6.22. The van der Waals surface area contributed by atoms with E-state index in [4.69, 9.17) is 0 Å². The molecule has 0 atom stereocenters. The van der Waals surface area contributed by atoms with Crippen molar-refractivity contribution in [2.24, 2.45) is 0 Å². The molecule has 1 aromatic carbocycles. The summed E-state index contributed by atoms with van der Waals surface area (Å²) in [6.45, 7) is 2.11. The van der Waals surface area contributed by atoms with E-state index < -0.39 is 15.8 Å². The first-order valence-corrected chi connectivity index (χ1v) is 7.70. The highest BCUT2D eigenvalue weighted by Crippen LogP contribution is 2.12. The molecule has 0 bridgehead atoms. The fourth-order valence-electron chi connectivity index (χ4n) is 1.96. The Labute approximate surface area is 112 Å². The Kier molecular flexibility index (Phi) is 4.68. The minimum Gasteiger partial charge on any atom is -0.313 e. The summed E-state index contributed by atoms with van der Waals surface area (Å²) in [5, 5.41) is 3.20. The molecule has 0 saturated heterocycles. The molecule has 2 N–H and O–H groups in total. The summed E-state index contributed by atoms with van der Waals surface area (Å²) < 4.78 is 39.3. The van der Waals surface area contributed by atoms with Crippen molar-refractivity contribution in [2.75, 3.05) is 19.6 Å². The molecule has 1 aliphatic heterocycles. The molecule has 0 saturated carbocycles. The molecular formula is C13H17FN2O2S. The van der Waals surface area contributed by atoms with Crippen molar-refractivity contribution in [1.29, 1.82) is 0 Å². The number of halogens is 1. The lowest BCUT2D eigenvalue weighted by Gasteiger charge is -2.14. The Hall–Kier alpha value is -1.24. The van der Waals surface area contributed by atoms with Crippen LogP contribution in [-0.2, 0) is 10.0 Å². The van der Waals surface area contributed by atoms with Crippen molar-refractivity contribution in [3.8, 4) is 0 Å². The van der Waals surface area contributed by atoms with Gasteiger partial charge in [-0.15, -0.1) is 0 Å². The van der Waals surface area contributed by atoms with Crippen molar-refractivity contribution in [1.82, 2.24) is 10.0 Å². The van der Waals surface area contributed by atoms with Crippen LogP contribution >= 0.6 is 0 Å². The summed E-state index contributed by atoms with van der Waals surface area (Å²) in [6, 6.07) is 5.01. The highest BCUT2D eigenvalue weighted by atomic mass is 32.2. The lowest BCUT2D eigenvalue weighted by Crippen LogP contribution is -2.26. The van der Waals surface area contributed by atoms with E-state index in [0.29, 0.717) is 13.0 Å². The third kappa shape index (κ3) is 4.12. The predicted octanol–water partition coefficient (Wildman–Crippen LogP) is 1.41. The second-order valence-electron chi connectivity index (χ2n) is 4.42. The van der Waals surface area contributed by atoms with Crippen molar-refractivity contribution in [3.05, 3.63) is 41.7 Å². The lowest BCUT2D eigenvalue weighted by molar-refractivity contribution is 0.576. The Morgan fingerprint density at radius 2 is 2.21 bits per heavy atom. The predicted molar refractivity (Wildman–Crippen MR) is 71.8 cm³/mol. The van der Waals surface area contributed by atoms with E-state index in [-0.39, 0.29) is 4.90 Å². The van der Waals surface area contributed by atoms with Crippen molar-refractivity contribution in [2.45, 2.75) is 17.7 Å². The number of benzene rings is 1. The van der Waals surface area contributed by atoms with Gasteiger partial charge in [-0.25, -0.2) is 17.5 Å². The van der Waals surface area contributed by atoms with Crippen LogP contribution in [0.3, 0.4) is 0 Å². The Balaban J connectivity index is 1.92. The summed E-state index contributed by atoms with van der Waals surface area (Å²) in [6.07, 6.45) is 3.72. The van der Waals surface area contributed by atoms with Gasteiger partial charge in [-0.2, -0.15) is 0 Å². The molecule has 19 heavy (non-hydrogen) atoms. The molecule has 104 valence electrons. The van der Waals surface area contributed by atoms with E-state index in [0.717, 1.165) is 25.6 Å². The minimum absolute atomic E-state index is 0.0354. The Morgan fingerprint density at radius 1 is 1.37 bits per heavy atom. The van der Waals surface area contributed by atoms with E-state index in [9.17, 15) is 12.8 Å². The monoisotopic (exact) mass is 284 g/mol. The second kappa shape index (κ2) is 6.27. The van der Waals surface area contributed by atoms with Crippen LogP contribution < -0.4 is 10.0 Å². The normalized spacial score (nSPS) is 16.2. The standard InChI is InChI=1S/C13H17FN2O2S/c14-12-2-1-3-13(10-12)19(17,18)16-9-6-11-4-7-15-8-5-11/h1-4,10,15-16H,5-9H2. The molecule has 0 aromatic heterocycles. The summed E-state index contributed by atoms with van der Waals surface area (Å²) in [5.41, 5.74) is 1.25. The largest absolute Gasteiger partial charge is 0.313 e. The van der Waals surface area contributed by atoms with Crippen LogP contribution in [0.5, 0.6) is 0 Å². The first-order chi connectivity index (χ1) is 9.08. The van der Waals surface area contributed by atoms with Crippen LogP contribution in [0.1, 0.15) is 12.8 Å². The molecule has 0 aliphatic carbocycles. The molecule has 2 rings (SSSR count). The molecule has 0 unspecified atom stereocenters. The van der Waals surface area contributed by atoms with Crippen LogP contribution in [0, 0.1) is 5.82 Å². The van der Waals surface area contributed by atoms with E-state index in [1.165, 1.54) is 23.8 Å². The van der Waals surface area contributed by atoms with E-state index in [2.05, 4.69) is 16.1 Å². The number of rotatable bonds is 5. The zero-order valence-electron chi connectivity index (χ0n) is 10.5. The summed E-state index contributed by atoms with van der Waals surface area (Å²) >= 11 is 0. The van der Waals surface area contributed by atoms with Gasteiger partial charge >= 0.3 is 0 Å². The number of hydrogen-bond donors (Lipinski definition) is 2. The number of sulfonamides is 1. The highest BCUT2D eigenvalue weighted by Gasteiger charge is 2.14. The average molecular weight is 284 g/mol. The smallest absolute Gasteiger partial charge is 0.240 e. The first kappa shape index (κ1) is 14.2. The van der Waals surface area contributed by atoms with Gasteiger partial charge in [-0.3, -0.25) is 0 Å². The van der Waals surface area contributed by atoms with Gasteiger partial charge < -0.3 is 5.32 Å². The molecule has 4 nitrogen and oxygen atoms in total. The summed E-state index contributed by atoms with van der Waals surface area (Å²) in [5.74, 6) is -0.552. The van der Waals surface area contributed by atoms with Crippen LogP contribution in [-0.4, -0.2) is 28.1 Å². The topological polar surface area (TPSA) is 58.2 Å². The van der Waals surface area contributed by atoms with E-state index in [1.807, 2.05) is 0 Å². The SMILES string of the molecule is O=S(=O)(NCCC1=CCNCC1)c1cccc(F)c1. The minimum atomic E-state index is -3.62. The third-order valence-electron chi connectivity index (χ3n) is 3.00. The molecular weight excluding hydrogens is 267 g/mol. The van der Waals surface area contributed by atoms with Gasteiger partial charge in [0.05, 0.1) is 4.90 Å². The molecule has 0 amide bonds. The maximum Gasteiger partial charge on any atom is 0.240 e. The number of hydrogen-bond acceptors (Lipinski definition) is 3. The van der Waals surface area contributed by atoms with Gasteiger partial charge in [0, 0.05) is 13.1 Å². The average Bonchev–Trinajstić information content (AvgIpc) is 2.40. The van der Waals surface area contributed by atoms with E-state index >= 15 is 0 Å². The van der Waals surface area contributed by atoms with Crippen LogP contribution in [0.2, 0.25) is 0 Å². The molecule has 6 heteroatoms. The van der Waals surface area contributed by atoms with Crippen molar-refractivity contribution in [3.63, 3.8) is 0 Å². The maximum absolute atomic E-state index is 13.0. The zero-order chi connectivity index (χ0) is 13.7. The van der Waals surface area contributed by atoms with Gasteiger partial charge in [-0.05, 0) is 37.6 Å². The molecule has 1 aromatic rings. The van der Waals surface area contributed by atoms with Crippen molar-refractivity contribution < 1.29 is 12.8 Å². The molecule has 0 fully saturated rings. The fraction of sp³-hybridized carbons (Fsp3) is 0.385. The molecule has 1 aliphatic rings. The molecule has 1 heterocycles. The van der Waals surface area contributed by atoms with Gasteiger partial charge in [0.1, 0.15) is 5.82 Å². The fourth-order valence-corrected chi connectivity index (χ4v) is 3.02. The van der Waals surface area contributed by atoms with Gasteiger partial charge in [-0.1, -0.05) is 17.7 Å². The van der Waals surface area contributed by atoms with E-state index in [1.54, 1.807) is 0 Å². The Morgan fingerprint density at radius 3 is 2.89 bits per heavy atom. The van der Waals surface area contributed by atoms with Gasteiger partial charge in [0.25, 0.3) is 0 Å².